The minimum atomic E-state index is 0.464. The van der Waals surface area contributed by atoms with E-state index in [1.165, 1.54) is 0 Å². The van der Waals surface area contributed by atoms with Crippen molar-refractivity contribution in [3.63, 3.8) is 0 Å². The molecule has 0 aliphatic carbocycles. The van der Waals surface area contributed by atoms with E-state index in [1.807, 2.05) is 48.5 Å². The van der Waals surface area contributed by atoms with Crippen molar-refractivity contribution in [2.45, 2.75) is 13.1 Å². The molecule has 122 valence electrons. The van der Waals surface area contributed by atoms with E-state index >= 15 is 0 Å². The van der Waals surface area contributed by atoms with Crippen LogP contribution in [0.3, 0.4) is 0 Å². The Hall–Kier alpha value is -2.37. The Morgan fingerprint density at radius 3 is 1.88 bits per heavy atom. The molecule has 1 aromatic heterocycles. The lowest BCUT2D eigenvalue weighted by molar-refractivity contribution is 0.937. The third-order valence-electron chi connectivity index (χ3n) is 3.31. The van der Waals surface area contributed by atoms with Crippen LogP contribution in [-0.4, -0.2) is 15.2 Å². The lowest BCUT2D eigenvalue weighted by atomic mass is 10.2. The van der Waals surface area contributed by atoms with Gasteiger partial charge in [0.05, 0.1) is 6.20 Å². The van der Waals surface area contributed by atoms with Crippen LogP contribution in [0.4, 0.5) is 11.8 Å². The van der Waals surface area contributed by atoms with Crippen LogP contribution in [0.1, 0.15) is 11.1 Å². The average molecular weight is 360 g/mol. The second-order valence-corrected chi connectivity index (χ2v) is 6.00. The van der Waals surface area contributed by atoms with Gasteiger partial charge in [-0.1, -0.05) is 47.5 Å². The summed E-state index contributed by atoms with van der Waals surface area (Å²) < 4.78 is 0. The summed E-state index contributed by atoms with van der Waals surface area (Å²) in [7, 11) is 0. The van der Waals surface area contributed by atoms with E-state index in [0.29, 0.717) is 29.9 Å². The molecule has 0 atom stereocenters. The molecule has 0 fully saturated rings. The Morgan fingerprint density at radius 1 is 0.750 bits per heavy atom. The highest BCUT2D eigenvalue weighted by molar-refractivity contribution is 6.30. The summed E-state index contributed by atoms with van der Waals surface area (Å²) in [5.41, 5.74) is 2.19. The van der Waals surface area contributed by atoms with Gasteiger partial charge in [0.2, 0.25) is 5.95 Å². The van der Waals surface area contributed by atoms with Crippen LogP contribution >= 0.6 is 23.2 Å². The molecule has 0 aliphatic heterocycles. The highest BCUT2D eigenvalue weighted by Crippen LogP contribution is 2.13. The molecule has 0 aliphatic rings. The van der Waals surface area contributed by atoms with Crippen molar-refractivity contribution in [1.82, 2.24) is 15.2 Å². The van der Waals surface area contributed by atoms with Gasteiger partial charge in [-0.15, -0.1) is 5.10 Å². The second-order valence-electron chi connectivity index (χ2n) is 5.13. The van der Waals surface area contributed by atoms with Crippen molar-refractivity contribution in [1.29, 1.82) is 0 Å². The lowest BCUT2D eigenvalue weighted by Crippen LogP contribution is -2.08. The number of hydrogen-bond donors (Lipinski definition) is 2. The number of rotatable bonds is 6. The summed E-state index contributed by atoms with van der Waals surface area (Å²) in [5.74, 6) is 1.12. The molecule has 0 saturated heterocycles. The maximum Gasteiger partial charge on any atom is 0.244 e. The van der Waals surface area contributed by atoms with Crippen molar-refractivity contribution < 1.29 is 0 Å². The van der Waals surface area contributed by atoms with Crippen LogP contribution < -0.4 is 10.6 Å². The molecule has 0 unspecified atom stereocenters. The topological polar surface area (TPSA) is 62.7 Å². The molecule has 0 bridgehead atoms. The number of hydrogen-bond acceptors (Lipinski definition) is 5. The number of benzene rings is 2. The molecule has 3 aromatic rings. The van der Waals surface area contributed by atoms with Gasteiger partial charge in [0.15, 0.2) is 5.82 Å². The number of aromatic nitrogens is 3. The first-order chi connectivity index (χ1) is 11.7. The molecular formula is C17H15Cl2N5. The van der Waals surface area contributed by atoms with Crippen LogP contribution in [0.15, 0.2) is 54.7 Å². The molecule has 0 spiro atoms. The molecular weight excluding hydrogens is 345 g/mol. The molecule has 0 radical (unpaired) electrons. The summed E-state index contributed by atoms with van der Waals surface area (Å²) in [6.07, 6.45) is 1.59. The van der Waals surface area contributed by atoms with Gasteiger partial charge >= 0.3 is 0 Å². The molecule has 0 saturated carbocycles. The van der Waals surface area contributed by atoms with E-state index in [-0.39, 0.29) is 0 Å². The Morgan fingerprint density at radius 2 is 1.29 bits per heavy atom. The molecule has 24 heavy (non-hydrogen) atoms. The van der Waals surface area contributed by atoms with Crippen LogP contribution in [0, 0.1) is 0 Å². The smallest absolute Gasteiger partial charge is 0.244 e. The van der Waals surface area contributed by atoms with E-state index < -0.39 is 0 Å². The average Bonchev–Trinajstić information content (AvgIpc) is 2.61. The van der Waals surface area contributed by atoms with E-state index in [1.54, 1.807) is 6.20 Å². The number of halogens is 2. The minimum absolute atomic E-state index is 0.464. The summed E-state index contributed by atoms with van der Waals surface area (Å²) in [6, 6.07) is 15.2. The van der Waals surface area contributed by atoms with Crippen LogP contribution in [0.2, 0.25) is 10.0 Å². The molecule has 3 rings (SSSR count). The zero-order chi connectivity index (χ0) is 16.8. The van der Waals surface area contributed by atoms with Gasteiger partial charge in [0.1, 0.15) is 0 Å². The quantitative estimate of drug-likeness (QED) is 0.682. The first-order valence-corrected chi connectivity index (χ1v) is 8.11. The first kappa shape index (κ1) is 16.5. The molecule has 1 heterocycles. The second kappa shape index (κ2) is 7.95. The first-order valence-electron chi connectivity index (χ1n) is 7.35. The fourth-order valence-electron chi connectivity index (χ4n) is 2.04. The Balaban J connectivity index is 1.57. The summed E-state index contributed by atoms with van der Waals surface area (Å²) in [6.45, 7) is 1.23. The summed E-state index contributed by atoms with van der Waals surface area (Å²) >= 11 is 11.7. The Bertz CT molecular complexity index is 726. The monoisotopic (exact) mass is 359 g/mol. The lowest BCUT2D eigenvalue weighted by Gasteiger charge is -2.08. The highest BCUT2D eigenvalue weighted by Gasteiger charge is 2.01. The highest BCUT2D eigenvalue weighted by atomic mass is 35.5. The van der Waals surface area contributed by atoms with Gasteiger partial charge < -0.3 is 10.6 Å². The Kier molecular flexibility index (Phi) is 5.46. The standard InChI is InChI=1S/C17H15Cl2N5/c18-14-5-1-12(2-6-14)9-20-16-11-22-24-17(23-16)21-10-13-3-7-15(19)8-4-13/h1-8,11H,9-10H2,(H2,20,21,23,24). The van der Waals surface area contributed by atoms with Crippen molar-refractivity contribution in [2.24, 2.45) is 0 Å². The number of anilines is 2. The maximum atomic E-state index is 5.88. The predicted molar refractivity (Wildman–Crippen MR) is 97.4 cm³/mol. The maximum absolute atomic E-state index is 5.88. The SMILES string of the molecule is Clc1ccc(CNc2cnnc(NCc3ccc(Cl)cc3)n2)cc1. The largest absolute Gasteiger partial charge is 0.365 e. The van der Waals surface area contributed by atoms with E-state index in [9.17, 15) is 0 Å². The fourth-order valence-corrected chi connectivity index (χ4v) is 2.29. The predicted octanol–water partition coefficient (Wildman–Crippen LogP) is 4.40. The van der Waals surface area contributed by atoms with E-state index in [2.05, 4.69) is 25.8 Å². The van der Waals surface area contributed by atoms with Crippen molar-refractivity contribution >= 4 is 35.0 Å². The third kappa shape index (κ3) is 4.81. The van der Waals surface area contributed by atoms with Gasteiger partial charge in [-0.25, -0.2) is 0 Å². The molecule has 2 aromatic carbocycles. The molecule has 5 nitrogen and oxygen atoms in total. The summed E-state index contributed by atoms with van der Waals surface area (Å²) in [5, 5.41) is 15.7. The van der Waals surface area contributed by atoms with Crippen LogP contribution in [0.25, 0.3) is 0 Å². The van der Waals surface area contributed by atoms with Gasteiger partial charge in [-0.05, 0) is 35.4 Å². The number of nitrogens with zero attached hydrogens (tertiary/aromatic N) is 3. The molecule has 7 heteroatoms. The minimum Gasteiger partial charge on any atom is -0.365 e. The van der Waals surface area contributed by atoms with Gasteiger partial charge in [0.25, 0.3) is 0 Å². The van der Waals surface area contributed by atoms with E-state index in [0.717, 1.165) is 16.1 Å². The van der Waals surface area contributed by atoms with Crippen molar-refractivity contribution in [3.8, 4) is 0 Å². The van der Waals surface area contributed by atoms with E-state index in [4.69, 9.17) is 23.2 Å². The van der Waals surface area contributed by atoms with Gasteiger partial charge in [0, 0.05) is 23.1 Å². The third-order valence-corrected chi connectivity index (χ3v) is 3.81. The zero-order valence-electron chi connectivity index (χ0n) is 12.7. The van der Waals surface area contributed by atoms with Crippen molar-refractivity contribution in [3.05, 3.63) is 75.9 Å². The summed E-state index contributed by atoms with van der Waals surface area (Å²) in [4.78, 5) is 4.39. The fraction of sp³-hybridized carbons (Fsp3) is 0.118. The zero-order valence-corrected chi connectivity index (χ0v) is 14.2. The van der Waals surface area contributed by atoms with Crippen LogP contribution in [0.5, 0.6) is 0 Å². The molecule has 2 N–H and O–H groups in total. The van der Waals surface area contributed by atoms with Crippen LogP contribution in [-0.2, 0) is 13.1 Å². The van der Waals surface area contributed by atoms with Gasteiger partial charge in [-0.2, -0.15) is 10.1 Å². The van der Waals surface area contributed by atoms with Crippen molar-refractivity contribution in [2.75, 3.05) is 10.6 Å². The van der Waals surface area contributed by atoms with Gasteiger partial charge in [-0.3, -0.25) is 0 Å². The molecule has 0 amide bonds. The Labute approximate surface area is 150 Å². The number of nitrogens with one attached hydrogen (secondary N) is 2. The normalized spacial score (nSPS) is 10.4.